The highest BCUT2D eigenvalue weighted by atomic mass is 16.3. The van der Waals surface area contributed by atoms with Crippen LogP contribution in [0.4, 0.5) is 0 Å². The molecule has 0 spiro atoms. The normalized spacial score (nSPS) is 12.0. The van der Waals surface area contributed by atoms with Gasteiger partial charge >= 0.3 is 0 Å². The molecule has 2 heterocycles. The van der Waals surface area contributed by atoms with Gasteiger partial charge in [0.15, 0.2) is 0 Å². The van der Waals surface area contributed by atoms with Crippen molar-refractivity contribution in [2.24, 2.45) is 0 Å². The number of fused-ring (bicyclic) bond motifs is 14. The van der Waals surface area contributed by atoms with E-state index in [2.05, 4.69) is 328 Å². The Morgan fingerprint density at radius 1 is 0.160 bits per heavy atom. The molecule has 2 heteroatoms. The van der Waals surface area contributed by atoms with E-state index in [0.29, 0.717) is 0 Å². The zero-order chi connectivity index (χ0) is 61.5. The molecule has 0 atom stereocenters. The largest absolute Gasteiger partial charge is 0.456 e. The molecular weight excluding hydrogens is 1140 g/mol. The molecule has 0 aliphatic carbocycles. The molecule has 2 nitrogen and oxygen atoms in total. The Hall–Kier alpha value is -12.4. The van der Waals surface area contributed by atoms with Crippen LogP contribution in [0.25, 0.3) is 208 Å². The molecule has 0 bridgehead atoms. The summed E-state index contributed by atoms with van der Waals surface area (Å²) in [6.45, 7) is 0. The van der Waals surface area contributed by atoms with Gasteiger partial charge in [0.1, 0.15) is 22.3 Å². The quantitative estimate of drug-likeness (QED) is 0.149. The topological polar surface area (TPSA) is 26.3 Å². The van der Waals surface area contributed by atoms with Crippen molar-refractivity contribution in [1.29, 1.82) is 0 Å². The fraction of sp³-hybridized carbons (Fsp3) is 0. The molecule has 18 aromatic carbocycles. The fourth-order valence-corrected chi connectivity index (χ4v) is 15.9. The van der Waals surface area contributed by atoms with Crippen molar-refractivity contribution in [2.75, 3.05) is 0 Å². The van der Waals surface area contributed by atoms with E-state index >= 15 is 0 Å². The summed E-state index contributed by atoms with van der Waals surface area (Å²) in [5.74, 6) is 0. The van der Waals surface area contributed by atoms with Crippen LogP contribution in [-0.4, -0.2) is 0 Å². The van der Waals surface area contributed by atoms with Crippen molar-refractivity contribution < 1.29 is 8.83 Å². The van der Waals surface area contributed by atoms with E-state index in [1.165, 1.54) is 131 Å². The molecule has 2 aromatic heterocycles. The lowest BCUT2D eigenvalue weighted by molar-refractivity contribution is 0.669. The van der Waals surface area contributed by atoms with Gasteiger partial charge in [0.2, 0.25) is 0 Å². The number of furan rings is 2. The van der Waals surface area contributed by atoms with E-state index in [9.17, 15) is 0 Å². The lowest BCUT2D eigenvalue weighted by Gasteiger charge is -2.19. The van der Waals surface area contributed by atoms with Gasteiger partial charge in [-0.05, 0) is 207 Å². The van der Waals surface area contributed by atoms with Gasteiger partial charge in [-0.25, -0.2) is 0 Å². The van der Waals surface area contributed by atoms with E-state index in [-0.39, 0.29) is 0 Å². The molecule has 0 unspecified atom stereocenters. The molecule has 0 saturated carbocycles. The Balaban J connectivity index is 0.659. The van der Waals surface area contributed by atoms with Crippen LogP contribution in [0.3, 0.4) is 0 Å². The molecule has 0 N–H and O–H groups in total. The standard InChI is InChI=1S/C92H54O2/c1-3-20-62-53-84-81(51-60(62)18-1)90-80(33-16-34-83(90)93-84)89-78-30-13-9-26-74(78)87(75-27-10-14-31-79(75)89)67-46-45-65-49-64(43-44-66(65)50-67)55-35-37-58(38-36-55)70-48-47-69(91-82-52-61-19-2-4-21-63(61)54-85(82)94-92(70)91)57-39-41-59(42-40-57)86-72-24-7-11-28-76(72)88(77-29-12-8-25-73(77)86)71-32-15-22-56-17-5-6-23-68(56)71/h1-54H. The van der Waals surface area contributed by atoms with Crippen LogP contribution in [-0.2, 0) is 0 Å². The second-order valence-electron chi connectivity index (χ2n) is 25.3. The second kappa shape index (κ2) is 20.6. The predicted octanol–water partition coefficient (Wildman–Crippen LogP) is 26.4. The van der Waals surface area contributed by atoms with Gasteiger partial charge in [0.25, 0.3) is 0 Å². The Labute approximate surface area is 541 Å². The lowest BCUT2D eigenvalue weighted by Crippen LogP contribution is -1.91. The predicted molar refractivity (Wildman–Crippen MR) is 399 cm³/mol. The Morgan fingerprint density at radius 2 is 0.532 bits per heavy atom. The van der Waals surface area contributed by atoms with Crippen molar-refractivity contribution in [3.63, 3.8) is 0 Å². The van der Waals surface area contributed by atoms with Crippen molar-refractivity contribution >= 4 is 130 Å². The van der Waals surface area contributed by atoms with E-state index in [4.69, 9.17) is 8.83 Å². The van der Waals surface area contributed by atoms with Crippen LogP contribution in [0.15, 0.2) is 336 Å². The molecule has 0 fully saturated rings. The van der Waals surface area contributed by atoms with Gasteiger partial charge in [0, 0.05) is 27.1 Å². The Bertz CT molecular complexity index is 6460. The average molecular weight is 1190 g/mol. The van der Waals surface area contributed by atoms with Gasteiger partial charge in [-0.1, -0.05) is 279 Å². The van der Waals surface area contributed by atoms with Crippen LogP contribution < -0.4 is 0 Å². The van der Waals surface area contributed by atoms with E-state index in [1.54, 1.807) is 0 Å². The summed E-state index contributed by atoms with van der Waals surface area (Å²) in [5.41, 5.74) is 20.1. The molecule has 20 aromatic rings. The average Bonchev–Trinajstić information content (AvgIpc) is 1.17. The van der Waals surface area contributed by atoms with Crippen LogP contribution in [0.2, 0.25) is 0 Å². The minimum Gasteiger partial charge on any atom is -0.456 e. The monoisotopic (exact) mass is 1190 g/mol. The number of hydrogen-bond acceptors (Lipinski definition) is 2. The SMILES string of the molecule is c1ccc2cc3c(cc2c1)oc1cccc(-c2c4ccccc4c(-c4ccc5cc(-c6ccc(-c7ccc(-c8ccc(-c9c%10ccccc%10c(-c%10cccc%11ccccc%10%11)c%10ccccc9%10)cc8)c8c7oc7cc9ccccc9cc78)cc6)ccc5c4)c4ccccc24)c13. The van der Waals surface area contributed by atoms with Crippen molar-refractivity contribution in [3.05, 3.63) is 328 Å². The van der Waals surface area contributed by atoms with E-state index < -0.39 is 0 Å². The van der Waals surface area contributed by atoms with Gasteiger partial charge in [-0.3, -0.25) is 0 Å². The third-order valence-electron chi connectivity index (χ3n) is 20.2. The molecule has 94 heavy (non-hydrogen) atoms. The first-order valence-corrected chi connectivity index (χ1v) is 32.4. The molecule has 20 rings (SSSR count). The van der Waals surface area contributed by atoms with Crippen LogP contribution in [0, 0.1) is 0 Å². The zero-order valence-electron chi connectivity index (χ0n) is 51.0. The first-order valence-electron chi connectivity index (χ1n) is 32.4. The van der Waals surface area contributed by atoms with Crippen LogP contribution in [0.5, 0.6) is 0 Å². The van der Waals surface area contributed by atoms with Gasteiger partial charge in [-0.2, -0.15) is 0 Å². The molecule has 0 amide bonds. The van der Waals surface area contributed by atoms with E-state index in [1.807, 2.05) is 0 Å². The molecule has 0 aliphatic heterocycles. The first-order chi connectivity index (χ1) is 46.6. The minimum absolute atomic E-state index is 0.878. The summed E-state index contributed by atoms with van der Waals surface area (Å²) < 4.78 is 13.7. The lowest BCUT2D eigenvalue weighted by atomic mass is 9.84. The van der Waals surface area contributed by atoms with Gasteiger partial charge < -0.3 is 8.83 Å². The van der Waals surface area contributed by atoms with Crippen molar-refractivity contribution in [1.82, 2.24) is 0 Å². The Kier molecular flexibility index (Phi) is 11.5. The highest BCUT2D eigenvalue weighted by Crippen LogP contribution is 2.50. The first kappa shape index (κ1) is 52.4. The summed E-state index contributed by atoms with van der Waals surface area (Å²) in [5, 5.41) is 23.9. The molecule has 0 saturated heterocycles. The van der Waals surface area contributed by atoms with Crippen LogP contribution in [0.1, 0.15) is 0 Å². The van der Waals surface area contributed by atoms with Crippen molar-refractivity contribution in [2.45, 2.75) is 0 Å². The summed E-state index contributed by atoms with van der Waals surface area (Å²) in [6.07, 6.45) is 0. The highest BCUT2D eigenvalue weighted by molar-refractivity contribution is 6.28. The molecule has 0 aliphatic rings. The summed E-state index contributed by atoms with van der Waals surface area (Å²) in [6, 6.07) is 121. The number of rotatable bonds is 7. The molecule has 0 radical (unpaired) electrons. The highest BCUT2D eigenvalue weighted by Gasteiger charge is 2.24. The molecular formula is C92H54O2. The maximum Gasteiger partial charge on any atom is 0.143 e. The number of benzene rings is 18. The fourth-order valence-electron chi connectivity index (χ4n) is 15.9. The number of hydrogen-bond donors (Lipinski definition) is 0. The third kappa shape index (κ3) is 8.03. The van der Waals surface area contributed by atoms with Crippen LogP contribution >= 0.6 is 0 Å². The Morgan fingerprint density at radius 3 is 1.12 bits per heavy atom. The smallest absolute Gasteiger partial charge is 0.143 e. The van der Waals surface area contributed by atoms with Gasteiger partial charge in [0.05, 0.1) is 0 Å². The zero-order valence-corrected chi connectivity index (χ0v) is 51.0. The third-order valence-corrected chi connectivity index (χ3v) is 20.2. The van der Waals surface area contributed by atoms with Gasteiger partial charge in [-0.15, -0.1) is 0 Å². The van der Waals surface area contributed by atoms with E-state index in [0.717, 1.165) is 77.1 Å². The summed E-state index contributed by atoms with van der Waals surface area (Å²) >= 11 is 0. The maximum atomic E-state index is 7.08. The minimum atomic E-state index is 0.878. The second-order valence-corrected chi connectivity index (χ2v) is 25.3. The maximum absolute atomic E-state index is 7.08. The summed E-state index contributed by atoms with van der Waals surface area (Å²) in [7, 11) is 0. The summed E-state index contributed by atoms with van der Waals surface area (Å²) in [4.78, 5) is 0. The molecule has 434 valence electrons. The van der Waals surface area contributed by atoms with Crippen molar-refractivity contribution in [3.8, 4) is 77.9 Å².